The van der Waals surface area contributed by atoms with Gasteiger partial charge in [-0.1, -0.05) is 0 Å². The second kappa shape index (κ2) is 6.46. The molecule has 0 spiro atoms. The lowest BCUT2D eigenvalue weighted by molar-refractivity contribution is -2.00. The first kappa shape index (κ1) is 13.0. The van der Waals surface area contributed by atoms with Crippen LogP contribution in [0.25, 0.3) is 0 Å². The minimum absolute atomic E-state index is 0.641. The minimum Gasteiger partial charge on any atom is -0.246 e. The van der Waals surface area contributed by atoms with E-state index < -0.39 is 10.2 Å². The van der Waals surface area contributed by atoms with Crippen LogP contribution >= 0.6 is 0 Å². The molecule has 0 N–H and O–H groups in total. The standard InChI is InChI=1S/C6H9N2O.ClHO4/c1-2-9-8-6-4-3-5-7-8;2-1(3,4)5/h3-6H,2H2,1H3;(H,2,3,4,5)/q+1;/p-1. The van der Waals surface area contributed by atoms with Gasteiger partial charge in [-0.2, -0.15) is 0 Å². The molecular weight excluding hydrogens is 216 g/mol. The summed E-state index contributed by atoms with van der Waals surface area (Å²) in [6.45, 7) is 2.56. The Bertz CT molecular complexity index is 234. The van der Waals surface area contributed by atoms with E-state index in [4.69, 9.17) is 23.5 Å². The van der Waals surface area contributed by atoms with Gasteiger partial charge in [-0.25, -0.2) is 23.5 Å². The zero-order chi connectivity index (χ0) is 11.0. The van der Waals surface area contributed by atoms with Crippen molar-refractivity contribution < 1.29 is 38.6 Å². The Morgan fingerprint density at radius 2 is 1.86 bits per heavy atom. The molecular formula is C6H9ClN2O5. The van der Waals surface area contributed by atoms with Crippen molar-refractivity contribution in [2.24, 2.45) is 0 Å². The molecule has 1 rings (SSSR count). The summed E-state index contributed by atoms with van der Waals surface area (Å²) in [5.41, 5.74) is 0. The summed E-state index contributed by atoms with van der Waals surface area (Å²) in [5, 5.41) is 3.86. The number of rotatable bonds is 2. The van der Waals surface area contributed by atoms with E-state index in [0.717, 1.165) is 0 Å². The van der Waals surface area contributed by atoms with Gasteiger partial charge in [-0.15, -0.1) is 10.2 Å². The predicted octanol–water partition coefficient (Wildman–Crippen LogP) is -4.94. The molecule has 0 aliphatic heterocycles. The number of nitrogens with zero attached hydrogens (tertiary/aromatic N) is 2. The SMILES string of the molecule is CCO[n+]1ccccn1.[O-][Cl+3]([O-])([O-])[O-]. The summed E-state index contributed by atoms with van der Waals surface area (Å²) >= 11 is 0. The molecule has 0 saturated carbocycles. The molecule has 7 nitrogen and oxygen atoms in total. The molecule has 14 heavy (non-hydrogen) atoms. The molecule has 0 aromatic carbocycles. The van der Waals surface area contributed by atoms with Crippen molar-refractivity contribution in [3.8, 4) is 0 Å². The van der Waals surface area contributed by atoms with Crippen molar-refractivity contribution in [2.45, 2.75) is 6.92 Å². The van der Waals surface area contributed by atoms with Crippen molar-refractivity contribution >= 4 is 0 Å². The first-order valence-electron chi connectivity index (χ1n) is 3.51. The van der Waals surface area contributed by atoms with Gasteiger partial charge >= 0.3 is 0 Å². The third kappa shape index (κ3) is 11.0. The predicted molar refractivity (Wildman–Crippen MR) is 31.6 cm³/mol. The number of hydrogen-bond acceptors (Lipinski definition) is 6. The molecule has 0 saturated heterocycles. The third-order valence-electron chi connectivity index (χ3n) is 0.853. The van der Waals surface area contributed by atoms with Crippen LogP contribution < -0.4 is 28.3 Å². The van der Waals surface area contributed by atoms with Gasteiger partial charge in [0.15, 0.2) is 6.61 Å². The van der Waals surface area contributed by atoms with E-state index >= 15 is 0 Å². The molecule has 0 aliphatic rings. The van der Waals surface area contributed by atoms with Crippen LogP contribution in [0, 0.1) is 10.2 Å². The summed E-state index contributed by atoms with van der Waals surface area (Å²) in [6, 6.07) is 3.71. The fourth-order valence-electron chi connectivity index (χ4n) is 0.524. The van der Waals surface area contributed by atoms with Gasteiger partial charge in [-0.05, 0) is 13.0 Å². The van der Waals surface area contributed by atoms with E-state index in [2.05, 4.69) is 5.10 Å². The van der Waals surface area contributed by atoms with Crippen LogP contribution in [-0.2, 0) is 0 Å². The Hall–Kier alpha value is -0.990. The molecule has 1 aromatic rings. The van der Waals surface area contributed by atoms with E-state index in [1.165, 1.54) is 4.85 Å². The molecule has 0 bridgehead atoms. The van der Waals surface area contributed by atoms with Gasteiger partial charge in [0.25, 0.3) is 6.20 Å². The largest absolute Gasteiger partial charge is 0.254 e. The zero-order valence-corrected chi connectivity index (χ0v) is 8.09. The highest BCUT2D eigenvalue weighted by atomic mass is 35.7. The summed E-state index contributed by atoms with van der Waals surface area (Å²) in [7, 11) is -4.94. The Kier molecular flexibility index (Phi) is 6.00. The minimum atomic E-state index is -4.94. The van der Waals surface area contributed by atoms with Gasteiger partial charge in [0, 0.05) is 11.2 Å². The highest BCUT2D eigenvalue weighted by Gasteiger charge is 1.94. The summed E-state index contributed by atoms with van der Waals surface area (Å²) in [5.74, 6) is 0. The Labute approximate surface area is 82.5 Å². The smallest absolute Gasteiger partial charge is 0.246 e. The maximum absolute atomic E-state index is 8.49. The van der Waals surface area contributed by atoms with Crippen LogP contribution in [0.2, 0.25) is 0 Å². The fourth-order valence-corrected chi connectivity index (χ4v) is 0.524. The van der Waals surface area contributed by atoms with Crippen LogP contribution in [0.1, 0.15) is 6.92 Å². The van der Waals surface area contributed by atoms with Crippen molar-refractivity contribution in [1.82, 2.24) is 5.10 Å². The lowest BCUT2D eigenvalue weighted by Gasteiger charge is -2.17. The highest BCUT2D eigenvalue weighted by molar-refractivity contribution is 4.76. The van der Waals surface area contributed by atoms with Crippen LogP contribution in [0.5, 0.6) is 0 Å². The summed E-state index contributed by atoms with van der Waals surface area (Å²) in [4.78, 5) is 6.44. The quantitative estimate of drug-likeness (QED) is 0.465. The highest BCUT2D eigenvalue weighted by Crippen LogP contribution is 1.68. The molecule has 8 heteroatoms. The number of aromatic nitrogens is 2. The molecule has 0 amide bonds. The first-order chi connectivity index (χ1) is 6.43. The number of hydrogen-bond donors (Lipinski definition) is 0. The van der Waals surface area contributed by atoms with E-state index in [-0.39, 0.29) is 0 Å². The van der Waals surface area contributed by atoms with E-state index in [1.54, 1.807) is 12.4 Å². The topological polar surface area (TPSA) is 118 Å². The maximum Gasteiger partial charge on any atom is 0.254 e. The van der Waals surface area contributed by atoms with Crippen molar-refractivity contribution in [3.63, 3.8) is 0 Å². The first-order valence-corrected chi connectivity index (χ1v) is 4.75. The second-order valence-electron chi connectivity index (χ2n) is 1.90. The molecule has 80 valence electrons. The van der Waals surface area contributed by atoms with E-state index in [1.807, 2.05) is 19.1 Å². The van der Waals surface area contributed by atoms with Gasteiger partial charge in [0.1, 0.15) is 4.85 Å². The van der Waals surface area contributed by atoms with Crippen molar-refractivity contribution in [2.75, 3.05) is 6.61 Å². The molecule has 0 aliphatic carbocycles. The van der Waals surface area contributed by atoms with Gasteiger partial charge < -0.3 is 0 Å². The van der Waals surface area contributed by atoms with Crippen LogP contribution in [-0.4, -0.2) is 11.7 Å². The lowest BCUT2D eigenvalue weighted by atomic mass is 10.6. The second-order valence-corrected chi connectivity index (χ2v) is 2.65. The van der Waals surface area contributed by atoms with Crippen molar-refractivity contribution in [3.05, 3.63) is 24.5 Å². The molecule has 1 heterocycles. The van der Waals surface area contributed by atoms with Gasteiger partial charge in [0.2, 0.25) is 0 Å². The number of halogens is 1. The Morgan fingerprint density at radius 1 is 1.29 bits per heavy atom. The lowest BCUT2D eigenvalue weighted by Crippen LogP contribution is -2.68. The molecule has 1 aromatic heterocycles. The fraction of sp³-hybridized carbons (Fsp3) is 0.333. The normalized spacial score (nSPS) is 10.1. The maximum atomic E-state index is 8.49. The summed E-state index contributed by atoms with van der Waals surface area (Å²) < 4.78 is 34.0. The van der Waals surface area contributed by atoms with Gasteiger partial charge in [0.05, 0.1) is 6.20 Å². The summed E-state index contributed by atoms with van der Waals surface area (Å²) in [6.07, 6.45) is 3.43. The van der Waals surface area contributed by atoms with E-state index in [0.29, 0.717) is 6.61 Å². The van der Waals surface area contributed by atoms with Crippen LogP contribution in [0.15, 0.2) is 24.5 Å². The van der Waals surface area contributed by atoms with Crippen LogP contribution in [0.4, 0.5) is 0 Å². The third-order valence-corrected chi connectivity index (χ3v) is 0.853. The molecule has 0 fully saturated rings. The molecule has 0 atom stereocenters. The molecule has 0 radical (unpaired) electrons. The molecule has 0 unspecified atom stereocenters. The van der Waals surface area contributed by atoms with E-state index in [9.17, 15) is 0 Å². The zero-order valence-electron chi connectivity index (χ0n) is 7.33. The average molecular weight is 225 g/mol. The van der Waals surface area contributed by atoms with Crippen molar-refractivity contribution in [1.29, 1.82) is 0 Å². The van der Waals surface area contributed by atoms with Gasteiger partial charge in [-0.3, -0.25) is 0 Å². The Balaban J connectivity index is 0.000000292. The van der Waals surface area contributed by atoms with Crippen LogP contribution in [0.3, 0.4) is 0 Å². The average Bonchev–Trinajstić information content (AvgIpc) is 2.03. The Morgan fingerprint density at radius 3 is 2.21 bits per heavy atom. The monoisotopic (exact) mass is 224 g/mol.